The number of hydrogen-bond acceptors (Lipinski definition) is 5. The van der Waals surface area contributed by atoms with Gasteiger partial charge >= 0.3 is 0 Å². The lowest BCUT2D eigenvalue weighted by atomic mass is 10.3. The van der Waals surface area contributed by atoms with E-state index < -0.39 is 25.9 Å². The van der Waals surface area contributed by atoms with Gasteiger partial charge in [0.1, 0.15) is 0 Å². The Morgan fingerprint density at radius 3 is 2.38 bits per heavy atom. The van der Waals surface area contributed by atoms with Crippen molar-refractivity contribution in [1.29, 1.82) is 0 Å². The molecule has 1 aliphatic heterocycles. The molecule has 1 aliphatic rings. The molecule has 0 bridgehead atoms. The first kappa shape index (κ1) is 16.9. The minimum absolute atomic E-state index is 0.0184. The summed E-state index contributed by atoms with van der Waals surface area (Å²) in [5, 5.41) is 9.12. The molecule has 2 rings (SSSR count). The van der Waals surface area contributed by atoms with Gasteiger partial charge in [-0.2, -0.15) is 4.31 Å². The number of sulfone groups is 1. The minimum Gasteiger partial charge on any atom is -0.395 e. The third-order valence-electron chi connectivity index (χ3n) is 3.36. The fraction of sp³-hybridized carbons (Fsp3) is 0.500. The smallest absolute Gasteiger partial charge is 0.243 e. The average molecular weight is 398 g/mol. The third-order valence-corrected chi connectivity index (χ3v) is 7.60. The molecule has 0 aromatic heterocycles. The molecular weight excluding hydrogens is 382 g/mol. The Bertz CT molecular complexity index is 700. The molecular formula is C12H16BrNO5S2. The van der Waals surface area contributed by atoms with Crippen LogP contribution in [-0.4, -0.2) is 56.9 Å². The minimum atomic E-state index is -3.83. The van der Waals surface area contributed by atoms with E-state index in [9.17, 15) is 16.8 Å². The lowest BCUT2D eigenvalue weighted by Crippen LogP contribution is -2.42. The number of hydrogen-bond donors (Lipinski definition) is 1. The monoisotopic (exact) mass is 397 g/mol. The molecule has 1 saturated heterocycles. The number of nitrogens with zero attached hydrogens (tertiary/aromatic N) is 1. The molecule has 1 unspecified atom stereocenters. The number of halogens is 1. The Labute approximate surface area is 132 Å². The molecule has 1 aromatic rings. The summed E-state index contributed by atoms with van der Waals surface area (Å²) in [6.07, 6.45) is 0.262. The Morgan fingerprint density at radius 2 is 1.90 bits per heavy atom. The summed E-state index contributed by atoms with van der Waals surface area (Å²) >= 11 is 3.23. The van der Waals surface area contributed by atoms with Crippen molar-refractivity contribution in [3.63, 3.8) is 0 Å². The predicted octanol–water partition coefficient (Wildman–Crippen LogP) is 0.619. The molecule has 1 fully saturated rings. The van der Waals surface area contributed by atoms with Crippen molar-refractivity contribution >= 4 is 35.8 Å². The highest BCUT2D eigenvalue weighted by molar-refractivity contribution is 9.10. The summed E-state index contributed by atoms with van der Waals surface area (Å²) in [5.41, 5.74) is 0. The summed E-state index contributed by atoms with van der Waals surface area (Å²) in [6, 6.07) is 5.50. The van der Waals surface area contributed by atoms with Crippen LogP contribution in [0.3, 0.4) is 0 Å². The van der Waals surface area contributed by atoms with Gasteiger partial charge in [-0.15, -0.1) is 0 Å². The van der Waals surface area contributed by atoms with Crippen molar-refractivity contribution in [3.05, 3.63) is 28.7 Å². The van der Waals surface area contributed by atoms with Crippen LogP contribution in [0, 0.1) is 0 Å². The first-order valence-corrected chi connectivity index (χ1v) is 10.4. The van der Waals surface area contributed by atoms with Crippen LogP contribution in [0.4, 0.5) is 0 Å². The quantitative estimate of drug-likeness (QED) is 0.785. The van der Waals surface area contributed by atoms with E-state index in [2.05, 4.69) is 15.9 Å². The zero-order chi connectivity index (χ0) is 15.7. The molecule has 21 heavy (non-hydrogen) atoms. The zero-order valence-corrected chi connectivity index (χ0v) is 14.4. The maximum atomic E-state index is 12.6. The topological polar surface area (TPSA) is 91.8 Å². The first-order valence-electron chi connectivity index (χ1n) is 6.35. The van der Waals surface area contributed by atoms with Crippen molar-refractivity contribution in [2.45, 2.75) is 17.4 Å². The van der Waals surface area contributed by atoms with Crippen LogP contribution in [-0.2, 0) is 19.9 Å². The molecule has 1 N–H and O–H groups in total. The van der Waals surface area contributed by atoms with Crippen molar-refractivity contribution in [2.75, 3.05) is 24.7 Å². The van der Waals surface area contributed by atoms with Gasteiger partial charge in [-0.05, 0) is 30.7 Å². The fourth-order valence-electron chi connectivity index (χ4n) is 2.34. The molecule has 9 heteroatoms. The van der Waals surface area contributed by atoms with E-state index in [1.807, 2.05) is 0 Å². The van der Waals surface area contributed by atoms with Gasteiger partial charge in [0.25, 0.3) is 0 Å². The summed E-state index contributed by atoms with van der Waals surface area (Å²) in [5.74, 6) is -0.210. The molecule has 0 amide bonds. The van der Waals surface area contributed by atoms with Gasteiger partial charge in [0, 0.05) is 17.1 Å². The van der Waals surface area contributed by atoms with Crippen LogP contribution in [0.15, 0.2) is 33.6 Å². The SMILES string of the molecule is O=S1(=O)CCC(N(CCO)S(=O)(=O)c2ccc(Br)cc2)C1. The molecule has 0 saturated carbocycles. The Kier molecular flexibility index (Phi) is 5.09. The highest BCUT2D eigenvalue weighted by Gasteiger charge is 2.38. The summed E-state index contributed by atoms with van der Waals surface area (Å²) in [7, 11) is -7.03. The summed E-state index contributed by atoms with van der Waals surface area (Å²) in [6.45, 7) is -0.467. The van der Waals surface area contributed by atoms with Crippen molar-refractivity contribution in [2.24, 2.45) is 0 Å². The second-order valence-electron chi connectivity index (χ2n) is 4.85. The van der Waals surface area contributed by atoms with Crippen LogP contribution < -0.4 is 0 Å². The van der Waals surface area contributed by atoms with Crippen molar-refractivity contribution in [3.8, 4) is 0 Å². The van der Waals surface area contributed by atoms with E-state index in [4.69, 9.17) is 5.11 Å². The largest absolute Gasteiger partial charge is 0.395 e. The number of benzene rings is 1. The van der Waals surface area contributed by atoms with E-state index >= 15 is 0 Å². The number of rotatable bonds is 5. The standard InChI is InChI=1S/C12H16BrNO5S2/c13-10-1-3-12(4-2-10)21(18,19)14(6-7-15)11-5-8-20(16,17)9-11/h1-4,11,15H,5-9H2. The van der Waals surface area contributed by atoms with Gasteiger partial charge < -0.3 is 5.11 Å². The average Bonchev–Trinajstić information content (AvgIpc) is 2.76. The normalized spacial score (nSPS) is 21.8. The van der Waals surface area contributed by atoms with E-state index in [0.717, 1.165) is 8.78 Å². The predicted molar refractivity (Wildman–Crippen MR) is 82.2 cm³/mol. The highest BCUT2D eigenvalue weighted by atomic mass is 79.9. The van der Waals surface area contributed by atoms with Crippen LogP contribution in [0.2, 0.25) is 0 Å². The van der Waals surface area contributed by atoms with Gasteiger partial charge in [0.2, 0.25) is 10.0 Å². The van der Waals surface area contributed by atoms with E-state index in [0.29, 0.717) is 0 Å². The maximum Gasteiger partial charge on any atom is 0.243 e. The Hall–Kier alpha value is -0.480. The lowest BCUT2D eigenvalue weighted by molar-refractivity contribution is 0.232. The molecule has 118 valence electrons. The van der Waals surface area contributed by atoms with Crippen LogP contribution in [0.25, 0.3) is 0 Å². The Morgan fingerprint density at radius 1 is 1.29 bits per heavy atom. The Balaban J connectivity index is 2.35. The van der Waals surface area contributed by atoms with Crippen LogP contribution in [0.5, 0.6) is 0 Å². The van der Waals surface area contributed by atoms with Gasteiger partial charge in [0.15, 0.2) is 9.84 Å². The van der Waals surface area contributed by atoms with Gasteiger partial charge in [0.05, 0.1) is 23.0 Å². The van der Waals surface area contributed by atoms with Crippen LogP contribution in [0.1, 0.15) is 6.42 Å². The van der Waals surface area contributed by atoms with Crippen molar-refractivity contribution < 1.29 is 21.9 Å². The highest BCUT2D eigenvalue weighted by Crippen LogP contribution is 2.25. The van der Waals surface area contributed by atoms with Gasteiger partial charge in [-0.3, -0.25) is 0 Å². The molecule has 1 heterocycles. The van der Waals surface area contributed by atoms with E-state index in [1.54, 1.807) is 12.1 Å². The summed E-state index contributed by atoms with van der Waals surface area (Å²) in [4.78, 5) is 0.0865. The van der Waals surface area contributed by atoms with E-state index in [-0.39, 0.29) is 36.0 Å². The lowest BCUT2D eigenvalue weighted by Gasteiger charge is -2.26. The van der Waals surface area contributed by atoms with Gasteiger partial charge in [-0.1, -0.05) is 15.9 Å². The van der Waals surface area contributed by atoms with Crippen molar-refractivity contribution in [1.82, 2.24) is 4.31 Å². The molecule has 1 aromatic carbocycles. The third kappa shape index (κ3) is 3.84. The number of aliphatic hydroxyl groups excluding tert-OH is 1. The zero-order valence-electron chi connectivity index (χ0n) is 11.1. The molecule has 6 nitrogen and oxygen atoms in total. The number of aliphatic hydroxyl groups is 1. The first-order chi connectivity index (χ1) is 9.76. The van der Waals surface area contributed by atoms with Gasteiger partial charge in [-0.25, -0.2) is 16.8 Å². The second kappa shape index (κ2) is 6.33. The molecule has 0 radical (unpaired) electrons. The number of sulfonamides is 1. The maximum absolute atomic E-state index is 12.6. The summed E-state index contributed by atoms with van der Waals surface area (Å²) < 4.78 is 50.3. The second-order valence-corrected chi connectivity index (χ2v) is 9.89. The van der Waals surface area contributed by atoms with E-state index in [1.165, 1.54) is 12.1 Å². The molecule has 1 atom stereocenters. The molecule has 0 spiro atoms. The molecule has 0 aliphatic carbocycles. The fourth-order valence-corrected chi connectivity index (χ4v) is 6.08. The van der Waals surface area contributed by atoms with Crippen LogP contribution >= 0.6 is 15.9 Å².